The van der Waals surface area contributed by atoms with Gasteiger partial charge in [0.2, 0.25) is 0 Å². The van der Waals surface area contributed by atoms with E-state index < -0.39 is 5.41 Å². The molecular weight excluding hydrogens is 498 g/mol. The summed E-state index contributed by atoms with van der Waals surface area (Å²) in [6.07, 6.45) is 3.88. The second-order valence-corrected chi connectivity index (χ2v) is 10.9. The van der Waals surface area contributed by atoms with Crippen molar-refractivity contribution in [2.24, 2.45) is 5.73 Å². The largest absolute Gasteiger partial charge is 0.388 e. The molecule has 0 saturated carbocycles. The summed E-state index contributed by atoms with van der Waals surface area (Å²) in [5, 5.41) is 28.0. The maximum absolute atomic E-state index is 12.5. The predicted octanol–water partition coefficient (Wildman–Crippen LogP) is 3.43. The van der Waals surface area contributed by atoms with Crippen molar-refractivity contribution < 1.29 is 4.79 Å². The van der Waals surface area contributed by atoms with E-state index in [9.17, 15) is 10.1 Å². The number of amidine groups is 1. The number of hydrogen-bond acceptors (Lipinski definition) is 6. The summed E-state index contributed by atoms with van der Waals surface area (Å²) in [7, 11) is 3.48. The van der Waals surface area contributed by atoms with Crippen LogP contribution in [0.3, 0.4) is 0 Å². The fraction of sp³-hybridized carbons (Fsp3) is 0.406. The van der Waals surface area contributed by atoms with Gasteiger partial charge in [0.15, 0.2) is 0 Å². The molecule has 6 N–H and O–H groups in total. The Balaban J connectivity index is 1.75. The van der Waals surface area contributed by atoms with Crippen LogP contribution in [0.15, 0.2) is 55.3 Å². The minimum atomic E-state index is -0.890. The summed E-state index contributed by atoms with van der Waals surface area (Å²) in [4.78, 5) is 14.6. The molecule has 2 aromatic rings. The highest BCUT2D eigenvalue weighted by Gasteiger charge is 2.43. The molecule has 2 aromatic carbocycles. The fourth-order valence-electron chi connectivity index (χ4n) is 6.29. The first-order valence-corrected chi connectivity index (χ1v) is 13.9. The molecule has 0 bridgehead atoms. The van der Waals surface area contributed by atoms with Crippen LogP contribution in [0.25, 0.3) is 5.70 Å². The number of aryl methyl sites for hydroxylation is 2. The van der Waals surface area contributed by atoms with Gasteiger partial charge < -0.3 is 26.6 Å². The van der Waals surface area contributed by atoms with Crippen molar-refractivity contribution in [2.45, 2.75) is 56.5 Å². The minimum absolute atomic E-state index is 0.0341. The van der Waals surface area contributed by atoms with Gasteiger partial charge in [-0.15, -0.1) is 0 Å². The fourth-order valence-corrected chi connectivity index (χ4v) is 6.29. The molecule has 1 aliphatic carbocycles. The second-order valence-electron chi connectivity index (χ2n) is 10.9. The van der Waals surface area contributed by atoms with Crippen molar-refractivity contribution >= 4 is 17.4 Å². The molecule has 1 aliphatic heterocycles. The van der Waals surface area contributed by atoms with E-state index in [0.29, 0.717) is 18.5 Å². The van der Waals surface area contributed by atoms with Crippen LogP contribution in [-0.4, -0.2) is 55.9 Å². The van der Waals surface area contributed by atoms with Gasteiger partial charge in [-0.1, -0.05) is 31.4 Å². The number of nitrogens with one attached hydrogen (secondary N) is 4. The predicted molar refractivity (Wildman–Crippen MR) is 161 cm³/mol. The van der Waals surface area contributed by atoms with E-state index in [0.717, 1.165) is 71.4 Å². The standard InChI is InChI=1S/C32H41N7O/c1-20(38-19-21(2)39-14-6-7-27(39)18-33)17-32(31(34)35)28-12-10-23(22(3)36-4)15-24(28)8-9-25-16-26(30(40)37-5)11-13-29(25)32/h10-13,15-16,20,27,36,38H,2-3,6-9,14,17,19H2,1,4-5H3,(H3,34,35)(H,37,40)/t20-,27?,32?/m1/s1. The van der Waals surface area contributed by atoms with E-state index in [4.69, 9.17) is 11.1 Å². The maximum Gasteiger partial charge on any atom is 0.251 e. The molecule has 40 heavy (non-hydrogen) atoms. The van der Waals surface area contributed by atoms with E-state index in [1.807, 2.05) is 31.3 Å². The molecule has 2 aliphatic rings. The van der Waals surface area contributed by atoms with Gasteiger partial charge in [0.25, 0.3) is 5.91 Å². The zero-order valence-corrected chi connectivity index (χ0v) is 23.9. The Labute approximate surface area is 237 Å². The summed E-state index contributed by atoms with van der Waals surface area (Å²) in [5.41, 5.74) is 13.1. The van der Waals surface area contributed by atoms with Crippen LogP contribution < -0.4 is 21.7 Å². The molecule has 1 heterocycles. The van der Waals surface area contributed by atoms with Crippen molar-refractivity contribution in [3.05, 3.63) is 88.6 Å². The first-order chi connectivity index (χ1) is 19.2. The van der Waals surface area contributed by atoms with Crippen LogP contribution in [0, 0.1) is 16.7 Å². The van der Waals surface area contributed by atoms with Crippen molar-refractivity contribution in [1.82, 2.24) is 20.9 Å². The molecule has 8 nitrogen and oxygen atoms in total. The number of likely N-dealkylation sites (tertiary alicyclic amines) is 1. The molecule has 3 atom stereocenters. The highest BCUT2D eigenvalue weighted by Crippen LogP contribution is 2.44. The summed E-state index contributed by atoms with van der Waals surface area (Å²) in [6.45, 7) is 11.9. The molecular formula is C32H41N7O. The highest BCUT2D eigenvalue weighted by atomic mass is 16.1. The number of nitrogens with two attached hydrogens (primary N) is 1. The maximum atomic E-state index is 12.5. The van der Waals surface area contributed by atoms with Crippen LogP contribution in [0.5, 0.6) is 0 Å². The van der Waals surface area contributed by atoms with E-state index >= 15 is 0 Å². The second kappa shape index (κ2) is 12.0. The highest BCUT2D eigenvalue weighted by molar-refractivity contribution is 5.97. The van der Waals surface area contributed by atoms with Crippen molar-refractivity contribution in [1.29, 1.82) is 10.7 Å². The minimum Gasteiger partial charge on any atom is -0.388 e. The van der Waals surface area contributed by atoms with Gasteiger partial charge in [0, 0.05) is 50.2 Å². The van der Waals surface area contributed by atoms with Gasteiger partial charge in [-0.3, -0.25) is 10.2 Å². The zero-order chi connectivity index (χ0) is 29.0. The van der Waals surface area contributed by atoms with E-state index in [-0.39, 0.29) is 23.8 Å². The Kier molecular flexibility index (Phi) is 8.65. The molecule has 2 unspecified atom stereocenters. The summed E-state index contributed by atoms with van der Waals surface area (Å²) < 4.78 is 0. The van der Waals surface area contributed by atoms with Crippen molar-refractivity contribution in [3.8, 4) is 6.07 Å². The number of rotatable bonds is 10. The number of carbonyl (C=O) groups is 1. The Morgan fingerprint density at radius 3 is 2.35 bits per heavy atom. The smallest absolute Gasteiger partial charge is 0.251 e. The quantitative estimate of drug-likeness (QED) is 0.232. The number of carbonyl (C=O) groups excluding carboxylic acids is 1. The Hall–Kier alpha value is -4.09. The van der Waals surface area contributed by atoms with Gasteiger partial charge >= 0.3 is 0 Å². The Morgan fingerprint density at radius 2 is 1.77 bits per heavy atom. The van der Waals surface area contributed by atoms with Crippen LogP contribution in [0.2, 0.25) is 0 Å². The van der Waals surface area contributed by atoms with Crippen LogP contribution in [0.4, 0.5) is 0 Å². The number of amides is 1. The number of nitrogens with zero attached hydrogens (tertiary/aromatic N) is 2. The molecule has 0 spiro atoms. The van der Waals surface area contributed by atoms with Gasteiger partial charge in [-0.25, -0.2) is 0 Å². The third-order valence-corrected chi connectivity index (χ3v) is 8.47. The summed E-state index contributed by atoms with van der Waals surface area (Å²) in [5.74, 6) is -0.0712. The third kappa shape index (κ3) is 5.34. The monoisotopic (exact) mass is 539 g/mol. The molecule has 1 saturated heterocycles. The van der Waals surface area contributed by atoms with Gasteiger partial charge in [0.05, 0.1) is 11.5 Å². The van der Waals surface area contributed by atoms with E-state index in [2.05, 4.69) is 59.1 Å². The number of hydrogen-bond donors (Lipinski definition) is 5. The average Bonchev–Trinajstić information content (AvgIpc) is 3.40. The topological polar surface area (TPSA) is 130 Å². The molecule has 0 aromatic heterocycles. The van der Waals surface area contributed by atoms with Crippen molar-refractivity contribution in [3.63, 3.8) is 0 Å². The van der Waals surface area contributed by atoms with Crippen molar-refractivity contribution in [2.75, 3.05) is 27.2 Å². The molecule has 210 valence electrons. The normalized spacial score (nSPS) is 20.4. The third-order valence-electron chi connectivity index (χ3n) is 8.47. The number of fused-ring (bicyclic) bond motifs is 2. The molecule has 4 rings (SSSR count). The average molecular weight is 540 g/mol. The van der Waals surface area contributed by atoms with E-state index in [1.54, 1.807) is 7.05 Å². The lowest BCUT2D eigenvalue weighted by molar-refractivity contribution is 0.0963. The summed E-state index contributed by atoms with van der Waals surface area (Å²) >= 11 is 0. The molecule has 1 fully saturated rings. The molecule has 8 heteroatoms. The first-order valence-electron chi connectivity index (χ1n) is 13.9. The Morgan fingerprint density at radius 1 is 1.15 bits per heavy atom. The van der Waals surface area contributed by atoms with Gasteiger partial charge in [-0.05, 0) is 85.0 Å². The Bertz CT molecular complexity index is 1300. The first kappa shape index (κ1) is 28.9. The lowest BCUT2D eigenvalue weighted by atomic mass is 9.67. The zero-order valence-electron chi connectivity index (χ0n) is 23.9. The molecule has 1 amide bonds. The van der Waals surface area contributed by atoms with E-state index in [1.165, 1.54) is 0 Å². The number of nitriles is 1. The lowest BCUT2D eigenvalue weighted by Gasteiger charge is -2.38. The lowest BCUT2D eigenvalue weighted by Crippen LogP contribution is -2.48. The number of benzene rings is 2. The summed E-state index contributed by atoms with van der Waals surface area (Å²) in [6, 6.07) is 14.2. The molecule has 0 radical (unpaired) electrons. The van der Waals surface area contributed by atoms with Crippen LogP contribution >= 0.6 is 0 Å². The van der Waals surface area contributed by atoms with Crippen LogP contribution in [0.1, 0.15) is 64.4 Å². The van der Waals surface area contributed by atoms with Crippen LogP contribution in [-0.2, 0) is 18.3 Å². The van der Waals surface area contributed by atoms with Gasteiger partial charge in [-0.2, -0.15) is 5.26 Å². The SMILES string of the molecule is C=C(NC)c1ccc2c(c1)CCc1cc(C(=O)NC)ccc1C2(C[C@@H](C)NCC(=C)N1CCCC1C#N)C(=N)N. The van der Waals surface area contributed by atoms with Gasteiger partial charge in [0.1, 0.15) is 11.9 Å².